The summed E-state index contributed by atoms with van der Waals surface area (Å²) in [4.78, 5) is 0. The van der Waals surface area contributed by atoms with Crippen molar-refractivity contribution in [1.29, 1.82) is 0 Å². The monoisotopic (exact) mass is 278 g/mol. The van der Waals surface area contributed by atoms with Crippen LogP contribution in [0.25, 0.3) is 0 Å². The quantitative estimate of drug-likeness (QED) is 0.716. The molecule has 1 aromatic carbocycles. The third-order valence-electron chi connectivity index (χ3n) is 1.47. The maximum atomic E-state index is 3.11. The van der Waals surface area contributed by atoms with Gasteiger partial charge in [-0.1, -0.05) is 0 Å². The van der Waals surface area contributed by atoms with Gasteiger partial charge in [-0.15, -0.1) is 0 Å². The average Bonchev–Trinajstić information content (AvgIpc) is 2.05. The molecule has 0 heterocycles. The fraction of sp³-hybridized carbons (Fsp3) is 0.222. The summed E-state index contributed by atoms with van der Waals surface area (Å²) < 4.78 is 1.40. The second-order valence-electron chi connectivity index (χ2n) is 2.36. The van der Waals surface area contributed by atoms with Gasteiger partial charge in [0.1, 0.15) is 0 Å². The van der Waals surface area contributed by atoms with Crippen molar-refractivity contribution >= 4 is 33.8 Å². The Kier molecular flexibility index (Phi) is 3.54. The molecule has 1 aromatic rings. The molecule has 0 saturated heterocycles. The van der Waals surface area contributed by atoms with Crippen molar-refractivity contribution in [3.63, 3.8) is 0 Å². The average molecular weight is 276 g/mol. The molecule has 0 aliphatic rings. The van der Waals surface area contributed by atoms with Crippen molar-refractivity contribution in [2.24, 2.45) is 0 Å². The number of hydrogen-bond donors (Lipinski definition) is 0. The van der Waals surface area contributed by atoms with E-state index in [1.54, 1.807) is 0 Å². The molecule has 2 heteroatoms. The first-order valence-electron chi connectivity index (χ1n) is 3.39. The molecule has 0 unspecified atom stereocenters. The third kappa shape index (κ3) is 2.57. The Bertz CT molecular complexity index is 249. The van der Waals surface area contributed by atoms with Crippen LogP contribution in [0.1, 0.15) is 11.1 Å². The molecule has 0 bridgehead atoms. The summed E-state index contributed by atoms with van der Waals surface area (Å²) in [6.07, 6.45) is 0. The molecule has 1 rings (SSSR count). The molecular formula is C9H10Se2. The number of aryl methyl sites for hydroxylation is 1. The zero-order valence-corrected chi connectivity index (χ0v) is 10.1. The van der Waals surface area contributed by atoms with E-state index in [0.29, 0.717) is 15.0 Å². The molecule has 11 heavy (non-hydrogen) atoms. The van der Waals surface area contributed by atoms with E-state index < -0.39 is 0 Å². The summed E-state index contributed by atoms with van der Waals surface area (Å²) >= 11 is 3.70. The van der Waals surface area contributed by atoms with E-state index in [9.17, 15) is 0 Å². The summed E-state index contributed by atoms with van der Waals surface area (Å²) in [5.41, 5.74) is 2.67. The van der Waals surface area contributed by atoms with Crippen molar-refractivity contribution in [3.8, 4) is 0 Å². The Balaban J connectivity index is 2.90. The summed E-state index contributed by atoms with van der Waals surface area (Å²) in [5.74, 6) is 2.22. The second kappa shape index (κ2) is 4.23. The van der Waals surface area contributed by atoms with Crippen LogP contribution in [-0.2, 0) is 0 Å². The number of benzene rings is 1. The van der Waals surface area contributed by atoms with E-state index in [-0.39, 0.29) is 0 Å². The predicted molar refractivity (Wildman–Crippen MR) is 52.7 cm³/mol. The fourth-order valence-corrected chi connectivity index (χ4v) is 1.87. The molecule has 0 aliphatic heterocycles. The Labute approximate surface area is 81.9 Å². The van der Waals surface area contributed by atoms with Gasteiger partial charge in [0, 0.05) is 0 Å². The van der Waals surface area contributed by atoms with Crippen LogP contribution in [0.3, 0.4) is 0 Å². The fourth-order valence-electron chi connectivity index (χ4n) is 0.807. The molecule has 0 saturated carbocycles. The molecule has 58 valence electrons. The Hall–Kier alpha value is 0.129. The van der Waals surface area contributed by atoms with Crippen LogP contribution in [-0.4, -0.2) is 33.8 Å². The third-order valence-corrected chi connectivity index (χ3v) is 5.06. The Morgan fingerprint density at radius 3 is 2.27 bits per heavy atom. The van der Waals surface area contributed by atoms with Crippen LogP contribution in [0.4, 0.5) is 0 Å². The minimum absolute atomic E-state index is 0.593. The molecule has 0 fully saturated rings. The van der Waals surface area contributed by atoms with Crippen molar-refractivity contribution in [1.82, 2.24) is 0 Å². The first kappa shape index (κ1) is 9.22. The molecule has 0 aliphatic carbocycles. The summed E-state index contributed by atoms with van der Waals surface area (Å²) in [6.45, 7) is 2.11. The molecule has 0 amide bonds. The Morgan fingerprint density at radius 2 is 1.82 bits per heavy atom. The first-order chi connectivity index (χ1) is 5.24. The minimum atomic E-state index is 0.593. The standard InChI is InChI=1S/C9H10Se2/c1-7-3-5-8(6-4-7)9(10)11-2/h3-6H,1-2H3. The van der Waals surface area contributed by atoms with Crippen LogP contribution >= 0.6 is 0 Å². The topological polar surface area (TPSA) is 0 Å². The Morgan fingerprint density at radius 1 is 1.27 bits per heavy atom. The van der Waals surface area contributed by atoms with Gasteiger partial charge in [0.05, 0.1) is 0 Å². The van der Waals surface area contributed by atoms with Gasteiger partial charge in [0.25, 0.3) is 0 Å². The summed E-state index contributed by atoms with van der Waals surface area (Å²) in [6, 6.07) is 8.65. The first-order valence-corrected chi connectivity index (χ1v) is 6.81. The van der Waals surface area contributed by atoms with Gasteiger partial charge in [-0.25, -0.2) is 0 Å². The van der Waals surface area contributed by atoms with Crippen molar-refractivity contribution in [3.05, 3.63) is 35.4 Å². The molecule has 0 nitrogen and oxygen atoms in total. The van der Waals surface area contributed by atoms with E-state index in [4.69, 9.17) is 0 Å². The van der Waals surface area contributed by atoms with E-state index >= 15 is 0 Å². The van der Waals surface area contributed by atoms with E-state index in [1.807, 2.05) is 0 Å². The van der Waals surface area contributed by atoms with Crippen molar-refractivity contribution in [2.45, 2.75) is 12.7 Å². The van der Waals surface area contributed by atoms with Crippen LogP contribution in [0, 0.1) is 6.92 Å². The van der Waals surface area contributed by atoms with Gasteiger partial charge in [0.15, 0.2) is 0 Å². The van der Waals surface area contributed by atoms with Crippen molar-refractivity contribution < 1.29 is 0 Å². The van der Waals surface area contributed by atoms with Crippen molar-refractivity contribution in [2.75, 3.05) is 0 Å². The summed E-state index contributed by atoms with van der Waals surface area (Å²) in [7, 11) is 0. The van der Waals surface area contributed by atoms with Crippen LogP contribution in [0.5, 0.6) is 0 Å². The van der Waals surface area contributed by atoms with Gasteiger partial charge >= 0.3 is 82.0 Å². The molecule has 0 atom stereocenters. The second-order valence-corrected chi connectivity index (χ2v) is 6.24. The van der Waals surface area contributed by atoms with Gasteiger partial charge in [-0.05, 0) is 0 Å². The molecule has 0 spiro atoms. The van der Waals surface area contributed by atoms with Crippen LogP contribution in [0.2, 0.25) is 5.82 Å². The number of hydrogen-bond acceptors (Lipinski definition) is 0. The van der Waals surface area contributed by atoms with E-state index in [2.05, 4.69) is 52.6 Å². The maximum absolute atomic E-state index is 3.11. The van der Waals surface area contributed by atoms with E-state index in [0.717, 1.165) is 0 Å². The van der Waals surface area contributed by atoms with Crippen LogP contribution in [0.15, 0.2) is 24.3 Å². The molecular weight excluding hydrogens is 266 g/mol. The zero-order valence-electron chi connectivity index (χ0n) is 6.63. The molecule has 0 aromatic heterocycles. The van der Waals surface area contributed by atoms with Gasteiger partial charge in [0.2, 0.25) is 0 Å². The number of rotatable bonds is 2. The molecule has 0 N–H and O–H groups in total. The van der Waals surface area contributed by atoms with Crippen LogP contribution < -0.4 is 0 Å². The SMILES string of the molecule is C[Se]C(=[Se])c1ccc(C)cc1. The normalized spacial score (nSPS) is 9.64. The van der Waals surface area contributed by atoms with Gasteiger partial charge in [-0.2, -0.15) is 0 Å². The van der Waals surface area contributed by atoms with Gasteiger partial charge < -0.3 is 0 Å². The zero-order chi connectivity index (χ0) is 8.27. The van der Waals surface area contributed by atoms with E-state index in [1.165, 1.54) is 14.4 Å². The predicted octanol–water partition coefficient (Wildman–Crippen LogP) is 1.39. The van der Waals surface area contributed by atoms with Gasteiger partial charge in [-0.3, -0.25) is 0 Å². The summed E-state index contributed by atoms with van der Waals surface area (Å²) in [5, 5.41) is 0. The molecule has 0 radical (unpaired) electrons.